The van der Waals surface area contributed by atoms with Gasteiger partial charge in [0.05, 0.1) is 10.6 Å². The molecule has 1 fully saturated rings. The fraction of sp³-hybridized carbons (Fsp3) is 0.400. The Labute approximate surface area is 186 Å². The first-order valence-corrected chi connectivity index (χ1v) is 12.3. The van der Waals surface area contributed by atoms with E-state index in [2.05, 4.69) is 17.1 Å². The molecule has 1 unspecified atom stereocenters. The molecule has 2 aromatic carbocycles. The normalized spacial score (nSPS) is 16.2. The smallest absolute Gasteiger partial charge is 0.314 e. The first kappa shape index (κ1) is 23.3. The first-order chi connectivity index (χ1) is 14.7. The minimum atomic E-state index is -4.25. The molecular formula is C20H27N5O4S2. The number of nitro groups is 1. The van der Waals surface area contributed by atoms with Gasteiger partial charge in [0, 0.05) is 42.9 Å². The number of hydrogen-bond donors (Lipinski definition) is 2. The Bertz CT molecular complexity index is 1030. The van der Waals surface area contributed by atoms with Crippen LogP contribution >= 0.6 is 11.8 Å². The molecule has 1 aliphatic rings. The van der Waals surface area contributed by atoms with Gasteiger partial charge in [0.15, 0.2) is 4.90 Å². The van der Waals surface area contributed by atoms with Crippen LogP contribution in [0.2, 0.25) is 0 Å². The highest BCUT2D eigenvalue weighted by Gasteiger charge is 2.33. The van der Waals surface area contributed by atoms with Crippen LogP contribution in [0.5, 0.6) is 0 Å². The third-order valence-electron chi connectivity index (χ3n) is 5.08. The van der Waals surface area contributed by atoms with Crippen LogP contribution in [0.1, 0.15) is 6.92 Å². The van der Waals surface area contributed by atoms with Gasteiger partial charge < -0.3 is 15.1 Å². The zero-order valence-corrected chi connectivity index (χ0v) is 19.2. The third kappa shape index (κ3) is 5.88. The molecule has 0 radical (unpaired) electrons. The standard InChI is InChI=1S/C20H27N5O4S2/c1-15(30-16-6-4-3-5-7-16)14-22-17-8-9-18(31(21,28)29)20(25(26)27)19(17)24-12-10-23(2)11-13-24/h3-9,15,22H,10-14H2,1-2H3,(H2,21,28,29). The molecule has 1 atom stereocenters. The predicted octanol–water partition coefficient (Wildman–Crippen LogP) is 2.59. The highest BCUT2D eigenvalue weighted by molar-refractivity contribution is 8.00. The maximum absolute atomic E-state index is 12.0. The van der Waals surface area contributed by atoms with Crippen molar-refractivity contribution < 1.29 is 13.3 Å². The Balaban J connectivity index is 1.93. The number of likely N-dealkylation sites (N-methyl/N-ethyl adjacent to an activating group) is 1. The molecule has 3 rings (SSSR count). The average molecular weight is 466 g/mol. The van der Waals surface area contributed by atoms with Crippen molar-refractivity contribution in [3.63, 3.8) is 0 Å². The topological polar surface area (TPSA) is 122 Å². The molecule has 0 aliphatic carbocycles. The van der Waals surface area contributed by atoms with Crippen LogP contribution in [0.4, 0.5) is 17.1 Å². The molecule has 1 heterocycles. The number of thioether (sulfide) groups is 1. The summed E-state index contributed by atoms with van der Waals surface area (Å²) in [5.74, 6) is 0. The number of nitrogens with two attached hydrogens (primary N) is 1. The number of nitro benzene ring substituents is 1. The van der Waals surface area contributed by atoms with Gasteiger partial charge in [0.2, 0.25) is 10.0 Å². The molecule has 0 amide bonds. The van der Waals surface area contributed by atoms with Crippen molar-refractivity contribution in [2.24, 2.45) is 5.14 Å². The number of piperazine rings is 1. The molecule has 31 heavy (non-hydrogen) atoms. The van der Waals surface area contributed by atoms with Gasteiger partial charge in [0.25, 0.3) is 0 Å². The van der Waals surface area contributed by atoms with Gasteiger partial charge in [-0.1, -0.05) is 25.1 Å². The van der Waals surface area contributed by atoms with E-state index in [1.807, 2.05) is 42.3 Å². The zero-order valence-electron chi connectivity index (χ0n) is 17.5. The van der Waals surface area contributed by atoms with Gasteiger partial charge in [-0.05, 0) is 31.3 Å². The lowest BCUT2D eigenvalue weighted by Crippen LogP contribution is -2.45. The number of benzene rings is 2. The van der Waals surface area contributed by atoms with Gasteiger partial charge in [-0.3, -0.25) is 10.1 Å². The maximum atomic E-state index is 12.0. The molecule has 9 nitrogen and oxygen atoms in total. The number of anilines is 2. The molecule has 3 N–H and O–H groups in total. The summed E-state index contributed by atoms with van der Waals surface area (Å²) in [6.45, 7) is 5.15. The Hall–Kier alpha value is -2.34. The van der Waals surface area contributed by atoms with Gasteiger partial charge >= 0.3 is 5.69 Å². The number of primary sulfonamides is 1. The molecule has 2 aromatic rings. The Morgan fingerprint density at radius 2 is 1.81 bits per heavy atom. The zero-order chi connectivity index (χ0) is 22.6. The molecule has 168 valence electrons. The van der Waals surface area contributed by atoms with Crippen molar-refractivity contribution in [2.75, 3.05) is 50.0 Å². The minimum absolute atomic E-state index is 0.180. The van der Waals surface area contributed by atoms with Crippen molar-refractivity contribution in [1.29, 1.82) is 0 Å². The highest BCUT2D eigenvalue weighted by Crippen LogP contribution is 2.41. The van der Waals surface area contributed by atoms with Crippen molar-refractivity contribution in [3.05, 3.63) is 52.6 Å². The summed E-state index contributed by atoms with van der Waals surface area (Å²) in [4.78, 5) is 15.9. The number of rotatable bonds is 8. The molecule has 0 aromatic heterocycles. The second-order valence-electron chi connectivity index (χ2n) is 7.52. The van der Waals surface area contributed by atoms with E-state index >= 15 is 0 Å². The largest absolute Gasteiger partial charge is 0.382 e. The quantitative estimate of drug-likeness (QED) is 0.347. The lowest BCUT2D eigenvalue weighted by molar-refractivity contribution is -0.387. The molecular weight excluding hydrogens is 438 g/mol. The second kappa shape index (κ2) is 9.86. The number of hydrogen-bond acceptors (Lipinski definition) is 8. The summed E-state index contributed by atoms with van der Waals surface area (Å²) >= 11 is 1.69. The Morgan fingerprint density at radius 3 is 2.39 bits per heavy atom. The van der Waals surface area contributed by atoms with E-state index in [1.165, 1.54) is 6.07 Å². The van der Waals surface area contributed by atoms with E-state index in [4.69, 9.17) is 5.14 Å². The summed E-state index contributed by atoms with van der Waals surface area (Å²) in [7, 11) is -2.27. The second-order valence-corrected chi connectivity index (χ2v) is 10.6. The molecule has 0 bridgehead atoms. The lowest BCUT2D eigenvalue weighted by atomic mass is 10.1. The van der Waals surface area contributed by atoms with Crippen LogP contribution in [0.3, 0.4) is 0 Å². The lowest BCUT2D eigenvalue weighted by Gasteiger charge is -2.35. The van der Waals surface area contributed by atoms with E-state index < -0.39 is 25.5 Å². The van der Waals surface area contributed by atoms with Crippen molar-refractivity contribution >= 4 is 38.8 Å². The summed E-state index contributed by atoms with van der Waals surface area (Å²) in [6, 6.07) is 12.8. The van der Waals surface area contributed by atoms with Crippen LogP contribution in [-0.4, -0.2) is 63.3 Å². The average Bonchev–Trinajstić information content (AvgIpc) is 2.72. The molecule has 1 aliphatic heterocycles. The summed E-state index contributed by atoms with van der Waals surface area (Å²) in [5.41, 5.74) is 0.339. The molecule has 0 spiro atoms. The van der Waals surface area contributed by atoms with E-state index in [1.54, 1.807) is 17.8 Å². The molecule has 1 saturated heterocycles. The van der Waals surface area contributed by atoms with Crippen molar-refractivity contribution in [3.8, 4) is 0 Å². The Morgan fingerprint density at radius 1 is 1.16 bits per heavy atom. The summed E-state index contributed by atoms with van der Waals surface area (Å²) in [5, 5.41) is 20.7. The number of nitrogens with zero attached hydrogens (tertiary/aromatic N) is 3. The van der Waals surface area contributed by atoms with E-state index in [-0.39, 0.29) is 10.9 Å². The summed E-state index contributed by atoms with van der Waals surface area (Å²) in [6.07, 6.45) is 0. The van der Waals surface area contributed by atoms with Crippen LogP contribution in [0, 0.1) is 10.1 Å². The fourth-order valence-electron chi connectivity index (χ4n) is 3.49. The molecule has 11 heteroatoms. The van der Waals surface area contributed by atoms with Crippen LogP contribution in [0.25, 0.3) is 0 Å². The van der Waals surface area contributed by atoms with Gasteiger partial charge in [0.1, 0.15) is 5.69 Å². The van der Waals surface area contributed by atoms with Crippen molar-refractivity contribution in [2.45, 2.75) is 22.0 Å². The fourth-order valence-corrected chi connectivity index (χ4v) is 5.13. The van der Waals surface area contributed by atoms with Crippen molar-refractivity contribution in [1.82, 2.24) is 4.90 Å². The van der Waals surface area contributed by atoms with Gasteiger partial charge in [-0.15, -0.1) is 11.8 Å². The SMILES string of the molecule is CC(CNc1ccc(S(N)(=O)=O)c([N+](=O)[O-])c1N1CCN(C)CC1)Sc1ccccc1. The third-order valence-corrected chi connectivity index (χ3v) is 7.14. The number of nitrogens with one attached hydrogen (secondary N) is 1. The van der Waals surface area contributed by atoms with Crippen LogP contribution in [-0.2, 0) is 10.0 Å². The van der Waals surface area contributed by atoms with E-state index in [0.29, 0.717) is 25.3 Å². The predicted molar refractivity (Wildman–Crippen MR) is 124 cm³/mol. The van der Waals surface area contributed by atoms with Crippen LogP contribution in [0.15, 0.2) is 52.3 Å². The number of sulfonamides is 1. The summed E-state index contributed by atoms with van der Waals surface area (Å²) < 4.78 is 24.1. The Kier molecular flexibility index (Phi) is 7.42. The van der Waals surface area contributed by atoms with E-state index in [0.717, 1.165) is 18.0 Å². The molecule has 0 saturated carbocycles. The van der Waals surface area contributed by atoms with Gasteiger partial charge in [-0.2, -0.15) is 0 Å². The van der Waals surface area contributed by atoms with E-state index in [9.17, 15) is 18.5 Å². The van der Waals surface area contributed by atoms with Gasteiger partial charge in [-0.25, -0.2) is 13.6 Å². The monoisotopic (exact) mass is 465 g/mol. The van der Waals surface area contributed by atoms with Crippen LogP contribution < -0.4 is 15.4 Å². The maximum Gasteiger partial charge on any atom is 0.314 e. The first-order valence-electron chi connectivity index (χ1n) is 9.90. The minimum Gasteiger partial charge on any atom is -0.382 e. The highest BCUT2D eigenvalue weighted by atomic mass is 32.2.